The van der Waals surface area contributed by atoms with Crippen LogP contribution in [0.3, 0.4) is 0 Å². The van der Waals surface area contributed by atoms with Crippen LogP contribution >= 0.6 is 0 Å². The summed E-state index contributed by atoms with van der Waals surface area (Å²) in [5, 5.41) is 6.77. The highest BCUT2D eigenvalue weighted by Gasteiger charge is 2.18. The summed E-state index contributed by atoms with van der Waals surface area (Å²) in [5.74, 6) is 1.93. The van der Waals surface area contributed by atoms with Crippen LogP contribution in [0.4, 0.5) is 10.5 Å². The number of piperidine rings is 1. The van der Waals surface area contributed by atoms with E-state index in [1.807, 2.05) is 24.3 Å². The molecule has 0 spiro atoms. The minimum atomic E-state index is -0.237. The van der Waals surface area contributed by atoms with Crippen molar-refractivity contribution in [2.45, 2.75) is 45.3 Å². The maximum atomic E-state index is 12.4. The number of ether oxygens (including phenoxy) is 1. The fraction of sp³-hybridized carbons (Fsp3) is 0.550. The van der Waals surface area contributed by atoms with Gasteiger partial charge in [-0.05, 0) is 50.6 Å². The minimum absolute atomic E-state index is 0.237. The standard InChI is InChI=1S/C20H29N5O3/c1-4-5-18-22-19(28-23-18)14-25(3)20(26)21-15-6-8-16(9-7-15)27-17-10-12-24(2)13-11-17/h6-9,17H,4-5,10-14H2,1-3H3,(H,21,26). The van der Waals surface area contributed by atoms with Crippen molar-refractivity contribution in [2.75, 3.05) is 32.5 Å². The predicted molar refractivity (Wildman–Crippen MR) is 106 cm³/mol. The van der Waals surface area contributed by atoms with Gasteiger partial charge in [0.1, 0.15) is 18.4 Å². The first kappa shape index (κ1) is 20.1. The molecule has 2 aromatic rings. The molecule has 1 aliphatic rings. The number of carbonyl (C=O) groups is 1. The lowest BCUT2D eigenvalue weighted by Crippen LogP contribution is -2.35. The summed E-state index contributed by atoms with van der Waals surface area (Å²) in [6, 6.07) is 7.25. The van der Waals surface area contributed by atoms with E-state index in [1.54, 1.807) is 7.05 Å². The first-order chi connectivity index (χ1) is 13.5. The highest BCUT2D eigenvalue weighted by molar-refractivity contribution is 5.89. The highest BCUT2D eigenvalue weighted by atomic mass is 16.5. The number of aryl methyl sites for hydroxylation is 1. The summed E-state index contributed by atoms with van der Waals surface area (Å²) in [7, 11) is 3.82. The lowest BCUT2D eigenvalue weighted by atomic mass is 10.1. The fourth-order valence-corrected chi connectivity index (χ4v) is 3.09. The van der Waals surface area contributed by atoms with Gasteiger partial charge in [-0.1, -0.05) is 12.1 Å². The summed E-state index contributed by atoms with van der Waals surface area (Å²) in [5.41, 5.74) is 0.713. The number of likely N-dealkylation sites (tertiary alicyclic amines) is 1. The molecule has 1 fully saturated rings. The molecular weight excluding hydrogens is 358 g/mol. The third-order valence-electron chi connectivity index (χ3n) is 4.78. The third kappa shape index (κ3) is 5.69. The topological polar surface area (TPSA) is 83.7 Å². The summed E-state index contributed by atoms with van der Waals surface area (Å²) < 4.78 is 11.2. The van der Waals surface area contributed by atoms with E-state index >= 15 is 0 Å². The average molecular weight is 387 g/mol. The molecule has 0 saturated carbocycles. The van der Waals surface area contributed by atoms with Gasteiger partial charge in [0.05, 0.1) is 0 Å². The molecule has 0 bridgehead atoms. The Labute approximate surface area is 165 Å². The molecule has 2 amide bonds. The molecule has 1 N–H and O–H groups in total. The second-order valence-electron chi connectivity index (χ2n) is 7.29. The van der Waals surface area contributed by atoms with Crippen molar-refractivity contribution in [3.63, 3.8) is 0 Å². The molecule has 8 heteroatoms. The molecule has 3 rings (SSSR count). The lowest BCUT2D eigenvalue weighted by Gasteiger charge is -2.29. The second-order valence-corrected chi connectivity index (χ2v) is 7.29. The number of benzene rings is 1. The molecule has 1 aromatic carbocycles. The van der Waals surface area contributed by atoms with Gasteiger partial charge in [0.25, 0.3) is 0 Å². The van der Waals surface area contributed by atoms with Gasteiger partial charge in [0.2, 0.25) is 5.89 Å². The van der Waals surface area contributed by atoms with E-state index in [2.05, 4.69) is 34.3 Å². The molecule has 152 valence electrons. The van der Waals surface area contributed by atoms with Crippen LogP contribution in [0.15, 0.2) is 28.8 Å². The fourth-order valence-electron chi connectivity index (χ4n) is 3.09. The number of amides is 2. The van der Waals surface area contributed by atoms with Crippen molar-refractivity contribution in [3.8, 4) is 5.75 Å². The summed E-state index contributed by atoms with van der Waals surface area (Å²) in [6.07, 6.45) is 4.05. The van der Waals surface area contributed by atoms with E-state index in [0.29, 0.717) is 17.4 Å². The Kier molecular flexibility index (Phi) is 6.86. The lowest BCUT2D eigenvalue weighted by molar-refractivity contribution is 0.114. The Hall–Kier alpha value is -2.61. The van der Waals surface area contributed by atoms with Crippen LogP contribution in [-0.4, -0.2) is 59.3 Å². The Morgan fingerprint density at radius 3 is 2.71 bits per heavy atom. The SMILES string of the molecule is CCCc1noc(CN(C)C(=O)Nc2ccc(OC3CCN(C)CC3)cc2)n1. The Morgan fingerprint density at radius 2 is 2.04 bits per heavy atom. The first-order valence-corrected chi connectivity index (χ1v) is 9.82. The average Bonchev–Trinajstić information content (AvgIpc) is 3.12. The molecule has 1 saturated heterocycles. The van der Waals surface area contributed by atoms with Crippen LogP contribution in [0, 0.1) is 0 Å². The molecule has 0 aliphatic carbocycles. The van der Waals surface area contributed by atoms with Crippen molar-refractivity contribution in [3.05, 3.63) is 36.0 Å². The molecule has 2 heterocycles. The minimum Gasteiger partial charge on any atom is -0.490 e. The van der Waals surface area contributed by atoms with Crippen LogP contribution in [-0.2, 0) is 13.0 Å². The number of hydrogen-bond acceptors (Lipinski definition) is 6. The van der Waals surface area contributed by atoms with E-state index in [0.717, 1.165) is 44.5 Å². The molecule has 0 unspecified atom stereocenters. The predicted octanol–water partition coefficient (Wildman–Crippen LogP) is 3.16. The van der Waals surface area contributed by atoms with Gasteiger partial charge in [0.15, 0.2) is 5.82 Å². The van der Waals surface area contributed by atoms with E-state index < -0.39 is 0 Å². The maximum absolute atomic E-state index is 12.4. The van der Waals surface area contributed by atoms with Crippen LogP contribution < -0.4 is 10.1 Å². The molecular formula is C20H29N5O3. The summed E-state index contributed by atoms with van der Waals surface area (Å²) in [6.45, 7) is 4.44. The van der Waals surface area contributed by atoms with Crippen molar-refractivity contribution in [1.29, 1.82) is 0 Å². The Bertz CT molecular complexity index is 753. The Balaban J connectivity index is 1.47. The third-order valence-corrected chi connectivity index (χ3v) is 4.78. The summed E-state index contributed by atoms with van der Waals surface area (Å²) in [4.78, 5) is 20.5. The number of hydrogen-bond donors (Lipinski definition) is 1. The summed E-state index contributed by atoms with van der Waals surface area (Å²) >= 11 is 0. The molecule has 1 aromatic heterocycles. The number of rotatable bonds is 7. The van der Waals surface area contributed by atoms with Crippen LogP contribution in [0.25, 0.3) is 0 Å². The van der Waals surface area contributed by atoms with Gasteiger partial charge in [-0.2, -0.15) is 4.98 Å². The quantitative estimate of drug-likeness (QED) is 0.786. The van der Waals surface area contributed by atoms with Crippen LogP contribution in [0.2, 0.25) is 0 Å². The molecule has 0 radical (unpaired) electrons. The number of aromatic nitrogens is 2. The zero-order chi connectivity index (χ0) is 19.9. The largest absolute Gasteiger partial charge is 0.490 e. The van der Waals surface area contributed by atoms with Crippen molar-refractivity contribution < 1.29 is 14.1 Å². The molecule has 0 atom stereocenters. The van der Waals surface area contributed by atoms with Crippen molar-refractivity contribution in [1.82, 2.24) is 19.9 Å². The maximum Gasteiger partial charge on any atom is 0.322 e. The smallest absolute Gasteiger partial charge is 0.322 e. The van der Waals surface area contributed by atoms with E-state index in [1.165, 1.54) is 4.90 Å². The highest BCUT2D eigenvalue weighted by Crippen LogP contribution is 2.21. The molecule has 28 heavy (non-hydrogen) atoms. The number of anilines is 1. The number of nitrogens with zero attached hydrogens (tertiary/aromatic N) is 4. The number of carbonyl (C=O) groups excluding carboxylic acids is 1. The van der Waals surface area contributed by atoms with E-state index in [9.17, 15) is 4.79 Å². The second kappa shape index (κ2) is 9.54. The molecule has 1 aliphatic heterocycles. The number of nitrogens with one attached hydrogen (secondary N) is 1. The van der Waals surface area contributed by atoms with E-state index in [4.69, 9.17) is 9.26 Å². The van der Waals surface area contributed by atoms with Gasteiger partial charge in [-0.15, -0.1) is 0 Å². The zero-order valence-corrected chi connectivity index (χ0v) is 16.9. The number of urea groups is 1. The van der Waals surface area contributed by atoms with Crippen molar-refractivity contribution >= 4 is 11.7 Å². The van der Waals surface area contributed by atoms with Crippen molar-refractivity contribution in [2.24, 2.45) is 0 Å². The van der Waals surface area contributed by atoms with Crippen LogP contribution in [0.5, 0.6) is 5.75 Å². The van der Waals surface area contributed by atoms with Crippen LogP contribution in [0.1, 0.15) is 37.9 Å². The monoisotopic (exact) mass is 387 g/mol. The first-order valence-electron chi connectivity index (χ1n) is 9.82. The zero-order valence-electron chi connectivity index (χ0n) is 16.9. The van der Waals surface area contributed by atoms with Gasteiger partial charge >= 0.3 is 6.03 Å². The Morgan fingerprint density at radius 1 is 1.32 bits per heavy atom. The van der Waals surface area contributed by atoms with Gasteiger partial charge in [-0.3, -0.25) is 0 Å². The van der Waals surface area contributed by atoms with Gasteiger partial charge in [0, 0.05) is 32.2 Å². The van der Waals surface area contributed by atoms with E-state index in [-0.39, 0.29) is 18.7 Å². The van der Waals surface area contributed by atoms with Gasteiger partial charge < -0.3 is 24.4 Å². The normalized spacial score (nSPS) is 15.4. The molecule has 8 nitrogen and oxygen atoms in total. The van der Waals surface area contributed by atoms with Gasteiger partial charge in [-0.25, -0.2) is 4.79 Å².